The first kappa shape index (κ1) is 16.1. The van der Waals surface area contributed by atoms with Gasteiger partial charge in [0.2, 0.25) is 0 Å². The van der Waals surface area contributed by atoms with Crippen LogP contribution < -0.4 is 16.2 Å². The molecule has 126 valence electrons. The Morgan fingerprint density at radius 3 is 2.42 bits per heavy atom. The van der Waals surface area contributed by atoms with E-state index in [9.17, 15) is 13.2 Å². The molecule has 24 heavy (non-hydrogen) atoms. The summed E-state index contributed by atoms with van der Waals surface area (Å²) in [7, 11) is -1.05. The summed E-state index contributed by atoms with van der Waals surface area (Å²) in [4.78, 5) is 12.6. The van der Waals surface area contributed by atoms with Gasteiger partial charge in [0, 0.05) is 12.7 Å². The second-order valence-corrected chi connectivity index (χ2v) is 7.25. The fraction of sp³-hybridized carbons (Fsp3) is 0.188. The Morgan fingerprint density at radius 2 is 1.79 bits per heavy atom. The topological polar surface area (TPSA) is 96.3 Å². The number of hydrogen-bond acceptors (Lipinski definition) is 5. The lowest BCUT2D eigenvalue weighted by molar-refractivity contribution is 0.414. The highest BCUT2D eigenvalue weighted by Gasteiger charge is 2.26. The largest absolute Gasteiger partial charge is 0.497 e. The number of hydrogen-bond donors (Lipinski definition) is 1. The molecule has 0 unspecified atom stereocenters. The van der Waals surface area contributed by atoms with Gasteiger partial charge >= 0.3 is 5.69 Å². The number of nitrogen functional groups attached to an aromatic ring is 1. The van der Waals surface area contributed by atoms with Crippen molar-refractivity contribution in [3.63, 3.8) is 0 Å². The maximum atomic E-state index is 13.1. The zero-order chi connectivity index (χ0) is 17.6. The van der Waals surface area contributed by atoms with Crippen LogP contribution in [-0.2, 0) is 17.1 Å². The van der Waals surface area contributed by atoms with E-state index in [4.69, 9.17) is 10.5 Å². The van der Waals surface area contributed by atoms with Gasteiger partial charge in [-0.25, -0.2) is 13.2 Å². The molecule has 0 aliphatic heterocycles. The Labute approximate surface area is 138 Å². The summed E-state index contributed by atoms with van der Waals surface area (Å²) in [6.45, 7) is 1.65. The van der Waals surface area contributed by atoms with Gasteiger partial charge in [-0.05, 0) is 48.9 Å². The Balaban J connectivity index is 2.36. The molecule has 0 aliphatic rings. The van der Waals surface area contributed by atoms with E-state index in [1.165, 1.54) is 30.9 Å². The lowest BCUT2D eigenvalue weighted by atomic mass is 10.2. The van der Waals surface area contributed by atoms with Crippen LogP contribution in [0.4, 0.5) is 5.69 Å². The number of benzene rings is 2. The molecule has 0 saturated carbocycles. The predicted octanol–water partition coefficient (Wildman–Crippen LogP) is 1.48. The van der Waals surface area contributed by atoms with Gasteiger partial charge < -0.3 is 10.5 Å². The first-order chi connectivity index (χ1) is 11.3. The van der Waals surface area contributed by atoms with Crippen molar-refractivity contribution in [3.05, 3.63) is 52.4 Å². The van der Waals surface area contributed by atoms with E-state index in [1.54, 1.807) is 31.2 Å². The molecule has 2 N–H and O–H groups in total. The van der Waals surface area contributed by atoms with Gasteiger partial charge in [-0.2, -0.15) is 3.97 Å². The van der Waals surface area contributed by atoms with Crippen molar-refractivity contribution in [2.24, 2.45) is 7.05 Å². The standard InChI is InChI=1S/C16H17N3O4S/c1-10-8-12(23-3)5-7-15(10)24(21,22)19-14-9-11(17)4-6-13(14)18(2)16(19)20/h4-9H,17H2,1-3H3. The molecule has 0 bridgehead atoms. The van der Waals surface area contributed by atoms with Crippen LogP contribution in [0.1, 0.15) is 5.56 Å². The number of nitrogens with two attached hydrogens (primary N) is 1. The first-order valence-corrected chi connectivity index (χ1v) is 8.58. The smallest absolute Gasteiger partial charge is 0.343 e. The Bertz CT molecular complexity index is 1110. The summed E-state index contributed by atoms with van der Waals surface area (Å²) in [5, 5.41) is 0. The number of rotatable bonds is 3. The zero-order valence-corrected chi connectivity index (χ0v) is 14.3. The van der Waals surface area contributed by atoms with Crippen LogP contribution >= 0.6 is 0 Å². The van der Waals surface area contributed by atoms with Crippen LogP contribution in [0.3, 0.4) is 0 Å². The number of ether oxygens (including phenoxy) is 1. The average Bonchev–Trinajstić information content (AvgIpc) is 2.78. The predicted molar refractivity (Wildman–Crippen MR) is 91.9 cm³/mol. The van der Waals surface area contributed by atoms with Crippen LogP contribution in [0.25, 0.3) is 11.0 Å². The summed E-state index contributed by atoms with van der Waals surface area (Å²) >= 11 is 0. The summed E-state index contributed by atoms with van der Waals surface area (Å²) in [6.07, 6.45) is 0. The zero-order valence-electron chi connectivity index (χ0n) is 13.5. The molecule has 3 aromatic rings. The van der Waals surface area contributed by atoms with Crippen LogP contribution in [0.5, 0.6) is 5.75 Å². The summed E-state index contributed by atoms with van der Waals surface area (Å²) in [5.41, 5.74) is 6.72. The third-order valence-corrected chi connectivity index (χ3v) is 5.79. The number of nitrogens with zero attached hydrogens (tertiary/aromatic N) is 2. The molecule has 0 amide bonds. The molecule has 0 fully saturated rings. The van der Waals surface area contributed by atoms with Gasteiger partial charge in [0.1, 0.15) is 5.75 Å². The third-order valence-electron chi connectivity index (χ3n) is 3.94. The van der Waals surface area contributed by atoms with E-state index >= 15 is 0 Å². The minimum absolute atomic E-state index is 0.0420. The molecule has 0 atom stereocenters. The molecule has 0 aliphatic carbocycles. The van der Waals surface area contributed by atoms with E-state index in [0.717, 1.165) is 3.97 Å². The summed E-state index contributed by atoms with van der Waals surface area (Å²) < 4.78 is 33.3. The van der Waals surface area contributed by atoms with Crippen molar-refractivity contribution in [2.45, 2.75) is 11.8 Å². The number of aryl methyl sites for hydroxylation is 2. The van der Waals surface area contributed by atoms with Crippen LogP contribution in [-0.4, -0.2) is 24.1 Å². The van der Waals surface area contributed by atoms with Crippen molar-refractivity contribution in [2.75, 3.05) is 12.8 Å². The van der Waals surface area contributed by atoms with E-state index in [1.807, 2.05) is 0 Å². The molecule has 0 radical (unpaired) electrons. The molecule has 0 spiro atoms. The Kier molecular flexibility index (Phi) is 3.64. The van der Waals surface area contributed by atoms with Crippen molar-refractivity contribution < 1.29 is 13.2 Å². The number of fused-ring (bicyclic) bond motifs is 1. The van der Waals surface area contributed by atoms with Gasteiger partial charge in [-0.1, -0.05) is 0 Å². The average molecular weight is 347 g/mol. The van der Waals surface area contributed by atoms with Gasteiger partial charge in [-0.15, -0.1) is 0 Å². The molecule has 3 rings (SSSR count). The van der Waals surface area contributed by atoms with E-state index in [-0.39, 0.29) is 10.4 Å². The summed E-state index contributed by atoms with van der Waals surface area (Å²) in [5.74, 6) is 0.543. The second kappa shape index (κ2) is 5.41. The minimum atomic E-state index is -4.08. The summed E-state index contributed by atoms with van der Waals surface area (Å²) in [6, 6.07) is 9.31. The third kappa shape index (κ3) is 2.26. The highest BCUT2D eigenvalue weighted by molar-refractivity contribution is 7.90. The second-order valence-electron chi connectivity index (χ2n) is 5.49. The fourth-order valence-electron chi connectivity index (χ4n) is 2.70. The van der Waals surface area contributed by atoms with Crippen LogP contribution in [0, 0.1) is 6.92 Å². The first-order valence-electron chi connectivity index (χ1n) is 7.14. The number of anilines is 1. The number of aromatic nitrogens is 2. The molecule has 1 heterocycles. The Hall–Kier alpha value is -2.74. The van der Waals surface area contributed by atoms with Crippen molar-refractivity contribution in [3.8, 4) is 5.75 Å². The molecule has 8 heteroatoms. The van der Waals surface area contributed by atoms with E-state index < -0.39 is 15.7 Å². The maximum Gasteiger partial charge on any atom is 0.343 e. The minimum Gasteiger partial charge on any atom is -0.497 e. The monoisotopic (exact) mass is 347 g/mol. The fourth-order valence-corrected chi connectivity index (χ4v) is 4.33. The Morgan fingerprint density at radius 1 is 1.08 bits per heavy atom. The molecule has 0 saturated heterocycles. The van der Waals surface area contributed by atoms with Crippen molar-refractivity contribution in [1.82, 2.24) is 8.54 Å². The highest BCUT2D eigenvalue weighted by Crippen LogP contribution is 2.25. The maximum absolute atomic E-state index is 13.1. The molecule has 2 aromatic carbocycles. The molecule has 1 aromatic heterocycles. The van der Waals surface area contributed by atoms with Gasteiger partial charge in [0.05, 0.1) is 23.0 Å². The van der Waals surface area contributed by atoms with Gasteiger partial charge in [-0.3, -0.25) is 4.57 Å². The lowest BCUT2D eigenvalue weighted by Gasteiger charge is -2.10. The normalized spacial score (nSPS) is 11.8. The highest BCUT2D eigenvalue weighted by atomic mass is 32.2. The molecule has 7 nitrogen and oxygen atoms in total. The van der Waals surface area contributed by atoms with Crippen LogP contribution in [0.15, 0.2) is 46.1 Å². The quantitative estimate of drug-likeness (QED) is 0.724. The van der Waals surface area contributed by atoms with Crippen LogP contribution in [0.2, 0.25) is 0 Å². The van der Waals surface area contributed by atoms with E-state index in [0.29, 0.717) is 22.5 Å². The van der Waals surface area contributed by atoms with Crippen molar-refractivity contribution >= 4 is 26.7 Å². The molecular formula is C16H17N3O4S. The number of imidazole rings is 1. The lowest BCUT2D eigenvalue weighted by Crippen LogP contribution is -2.28. The van der Waals surface area contributed by atoms with Gasteiger partial charge in [0.25, 0.3) is 10.0 Å². The number of methoxy groups -OCH3 is 1. The van der Waals surface area contributed by atoms with Crippen molar-refractivity contribution in [1.29, 1.82) is 0 Å². The van der Waals surface area contributed by atoms with Gasteiger partial charge in [0.15, 0.2) is 0 Å². The molecular weight excluding hydrogens is 330 g/mol. The van der Waals surface area contributed by atoms with E-state index in [2.05, 4.69) is 0 Å². The SMILES string of the molecule is COc1ccc(S(=O)(=O)n2c(=O)n(C)c3ccc(N)cc32)c(C)c1.